The number of furan rings is 2. The third-order valence-corrected chi connectivity index (χ3v) is 17.9. The lowest BCUT2D eigenvalue weighted by atomic mass is 9.69. The van der Waals surface area contributed by atoms with Crippen molar-refractivity contribution in [3.8, 4) is 90.6 Å². The number of hydrogen-bond acceptors (Lipinski definition) is 10. The second-order valence-corrected chi connectivity index (χ2v) is 24.5. The van der Waals surface area contributed by atoms with Gasteiger partial charge >= 0.3 is 7.12 Å². The first-order chi connectivity index (χ1) is 43.9. The van der Waals surface area contributed by atoms with Gasteiger partial charge in [0.2, 0.25) is 0 Å². The molecule has 0 saturated carbocycles. The van der Waals surface area contributed by atoms with E-state index in [0.29, 0.717) is 40.4 Å². The highest BCUT2D eigenvalue weighted by Gasteiger charge is 2.42. The van der Waals surface area contributed by atoms with Gasteiger partial charge in [-0.05, 0) is 86.4 Å². The van der Waals surface area contributed by atoms with Gasteiger partial charge in [-0.25, -0.2) is 29.9 Å². The summed E-state index contributed by atoms with van der Waals surface area (Å²) >= 11 is 3.47. The van der Waals surface area contributed by atoms with Crippen LogP contribution in [0.15, 0.2) is 268 Å². The van der Waals surface area contributed by atoms with Gasteiger partial charge in [-0.3, -0.25) is 0 Å². The Hall–Kier alpha value is -10.5. The maximum atomic E-state index is 9.88. The lowest BCUT2D eigenvalue weighted by molar-refractivity contribution is 0.424. The number of rotatable bonds is 7. The Kier molecular flexibility index (Phi) is 15.0. The number of halogens is 1. The van der Waals surface area contributed by atoms with E-state index in [1.165, 1.54) is 33.2 Å². The van der Waals surface area contributed by atoms with Crippen molar-refractivity contribution in [1.29, 1.82) is 0 Å². The highest BCUT2D eigenvalue weighted by atomic mass is 79.9. The van der Waals surface area contributed by atoms with E-state index in [0.717, 1.165) is 93.0 Å². The molecule has 2 aliphatic rings. The Morgan fingerprint density at radius 1 is 0.330 bits per heavy atom. The number of aromatic nitrogens is 6. The van der Waals surface area contributed by atoms with Crippen LogP contribution in [0.25, 0.3) is 134 Å². The van der Waals surface area contributed by atoms with Crippen molar-refractivity contribution in [1.82, 2.24) is 29.9 Å². The van der Waals surface area contributed by atoms with Crippen molar-refractivity contribution in [3.05, 3.63) is 282 Å². The monoisotopic (exact) mass is 1250 g/mol. The molecule has 0 aliphatic heterocycles. The molecule has 11 aromatic carbocycles. The molecule has 0 atom stereocenters. The van der Waals surface area contributed by atoms with E-state index in [1.807, 2.05) is 188 Å². The summed E-state index contributed by atoms with van der Waals surface area (Å²) in [5.74, 6) is 4.02. The van der Waals surface area contributed by atoms with Crippen LogP contribution in [0.1, 0.15) is 57.4 Å². The largest absolute Gasteiger partial charge is 0.488 e. The topological polar surface area (TPSA) is 144 Å². The van der Waals surface area contributed by atoms with Gasteiger partial charge in [0.1, 0.15) is 22.3 Å². The Bertz CT molecular complexity index is 5120. The zero-order valence-corrected chi connectivity index (χ0v) is 51.2. The molecule has 15 aromatic rings. The molecular weight excluding hydrogens is 1190 g/mol. The van der Waals surface area contributed by atoms with E-state index in [1.54, 1.807) is 6.07 Å². The van der Waals surface area contributed by atoms with E-state index < -0.39 is 7.12 Å². The number of para-hydroxylation sites is 2. The van der Waals surface area contributed by atoms with E-state index in [4.69, 9.17) is 33.8 Å². The van der Waals surface area contributed by atoms with Crippen molar-refractivity contribution >= 4 is 72.4 Å². The normalized spacial score (nSPS) is 12.9. The Labute approximate surface area is 536 Å². The van der Waals surface area contributed by atoms with Crippen molar-refractivity contribution in [2.45, 2.75) is 46.0 Å². The Morgan fingerprint density at radius 3 is 1.09 bits per heavy atom. The summed E-state index contributed by atoms with van der Waals surface area (Å²) in [4.78, 5) is 29.1. The zero-order chi connectivity index (χ0) is 61.3. The van der Waals surface area contributed by atoms with Crippen LogP contribution in [0, 0.1) is 0 Å². The van der Waals surface area contributed by atoms with Gasteiger partial charge in [-0.1, -0.05) is 269 Å². The number of fused-ring (bicyclic) bond motifs is 14. The SMILES string of the molecule is Brc1ccc(-c2nc(-c3ccccc3)nc(-c3ccccc3)n2)cc1.C.CC1(C)c2ccc3oc4ccccc4c3c2-c2cccc(-c3nc(-c4ccccc4)nc(-c4ccccc4)n3)c21.CC1(C)c2ccc3oc4ccccc4c3c2-c2cccc(B(O)O)c21. The van der Waals surface area contributed by atoms with Gasteiger partial charge in [0.15, 0.2) is 34.9 Å². The molecule has 0 saturated heterocycles. The quantitative estimate of drug-likeness (QED) is 0.148. The van der Waals surface area contributed by atoms with Gasteiger partial charge < -0.3 is 18.9 Å². The molecule has 0 amide bonds. The minimum absolute atomic E-state index is 0. The van der Waals surface area contributed by atoms with Crippen LogP contribution < -0.4 is 5.46 Å². The summed E-state index contributed by atoms with van der Waals surface area (Å²) < 4.78 is 13.3. The van der Waals surface area contributed by atoms with Crippen LogP contribution in [0.2, 0.25) is 0 Å². The molecule has 0 unspecified atom stereocenters. The molecule has 0 radical (unpaired) electrons. The standard InChI is InChI=1S/C36H25N3O.C21H17BO3.C21H14BrN3.CH4/c1-36(2)27-20-21-29-31(24-16-9-10-19-28(24)40-29)30(27)25-17-11-18-26(32(25)36)35-38-33(22-12-5-3-6-13-22)37-34(39-35)23-14-7-4-8-15-23;1-21(2)14-10-11-17-19(12-6-3-4-9-16(12)25-17)18(14)13-7-5-8-15(20(13)21)22(23)24;22-18-13-11-17(12-14-18)21-24-19(15-7-3-1-4-8-15)23-20(25-21)16-9-5-2-6-10-16;/h3-21H,1-2H3;3-11,23-24H,1-2H3;1-14H;1H4. The van der Waals surface area contributed by atoms with Gasteiger partial charge in [-0.15, -0.1) is 0 Å². The molecule has 17 rings (SSSR count). The molecule has 0 bridgehead atoms. The third-order valence-electron chi connectivity index (χ3n) is 17.4. The van der Waals surface area contributed by atoms with Gasteiger partial charge in [0, 0.05) is 70.2 Å². The van der Waals surface area contributed by atoms with Crippen LogP contribution in [0.4, 0.5) is 0 Å². The van der Waals surface area contributed by atoms with Crippen LogP contribution in [0.5, 0.6) is 0 Å². The predicted octanol–water partition coefficient (Wildman–Crippen LogP) is 18.9. The van der Waals surface area contributed by atoms with Crippen molar-refractivity contribution in [2.75, 3.05) is 0 Å². The third kappa shape index (κ3) is 10.3. The number of benzene rings is 11. The van der Waals surface area contributed by atoms with Crippen molar-refractivity contribution < 1.29 is 18.9 Å². The first-order valence-corrected chi connectivity index (χ1v) is 30.7. The summed E-state index contributed by atoms with van der Waals surface area (Å²) in [6.45, 7) is 8.87. The maximum absolute atomic E-state index is 9.88. The maximum Gasteiger partial charge on any atom is 0.488 e. The summed E-state index contributed by atoms with van der Waals surface area (Å²) in [5, 5.41) is 24.3. The molecular formula is C79H60BBrN6O4. The minimum Gasteiger partial charge on any atom is -0.456 e. The molecule has 2 aliphatic carbocycles. The predicted molar refractivity (Wildman–Crippen MR) is 373 cm³/mol. The van der Waals surface area contributed by atoms with E-state index >= 15 is 0 Å². The van der Waals surface area contributed by atoms with Crippen LogP contribution in [-0.2, 0) is 10.8 Å². The average Bonchev–Trinajstić information content (AvgIpc) is 1.56. The van der Waals surface area contributed by atoms with Gasteiger partial charge in [0.25, 0.3) is 0 Å². The summed E-state index contributed by atoms with van der Waals surface area (Å²) in [7, 11) is -1.49. The molecule has 91 heavy (non-hydrogen) atoms. The smallest absolute Gasteiger partial charge is 0.456 e. The highest BCUT2D eigenvalue weighted by Crippen LogP contribution is 2.56. The zero-order valence-electron chi connectivity index (χ0n) is 49.6. The number of hydrogen-bond donors (Lipinski definition) is 2. The molecule has 440 valence electrons. The summed E-state index contributed by atoms with van der Waals surface area (Å²) in [6, 6.07) is 85.3. The first kappa shape index (κ1) is 58.2. The molecule has 4 heterocycles. The fraction of sp³-hybridized carbons (Fsp3) is 0.0886. The molecule has 2 N–H and O–H groups in total. The van der Waals surface area contributed by atoms with Crippen molar-refractivity contribution in [3.63, 3.8) is 0 Å². The van der Waals surface area contributed by atoms with Crippen LogP contribution >= 0.6 is 15.9 Å². The summed E-state index contributed by atoms with van der Waals surface area (Å²) in [6.07, 6.45) is 0. The second kappa shape index (κ2) is 23.5. The second-order valence-electron chi connectivity index (χ2n) is 23.6. The van der Waals surface area contributed by atoms with Crippen LogP contribution in [-0.4, -0.2) is 47.1 Å². The highest BCUT2D eigenvalue weighted by molar-refractivity contribution is 9.10. The molecule has 0 spiro atoms. The van der Waals surface area contributed by atoms with E-state index in [2.05, 4.69) is 109 Å². The van der Waals surface area contributed by atoms with E-state index in [-0.39, 0.29) is 18.3 Å². The molecule has 10 nitrogen and oxygen atoms in total. The van der Waals surface area contributed by atoms with Gasteiger partial charge in [0.05, 0.1) is 0 Å². The lowest BCUT2D eigenvalue weighted by Crippen LogP contribution is -2.37. The number of nitrogens with zero attached hydrogens (tertiary/aromatic N) is 6. The molecule has 4 aromatic heterocycles. The van der Waals surface area contributed by atoms with Crippen molar-refractivity contribution in [2.24, 2.45) is 0 Å². The van der Waals surface area contributed by atoms with Gasteiger partial charge in [-0.2, -0.15) is 0 Å². The molecule has 12 heteroatoms. The molecule has 0 fully saturated rings. The lowest BCUT2D eigenvalue weighted by Gasteiger charge is -2.24. The average molecular weight is 1250 g/mol. The Morgan fingerprint density at radius 2 is 0.670 bits per heavy atom. The first-order valence-electron chi connectivity index (χ1n) is 29.9. The van der Waals surface area contributed by atoms with E-state index in [9.17, 15) is 10.0 Å². The Balaban J connectivity index is 0.000000124. The van der Waals surface area contributed by atoms with Crippen LogP contribution in [0.3, 0.4) is 0 Å². The fourth-order valence-electron chi connectivity index (χ4n) is 13.3. The minimum atomic E-state index is -1.49. The fourth-order valence-corrected chi connectivity index (χ4v) is 13.5. The summed E-state index contributed by atoms with van der Waals surface area (Å²) in [5.41, 5.74) is 18.7.